The number of aliphatic hydroxyl groups is 1. The van der Waals surface area contributed by atoms with Crippen molar-refractivity contribution >= 4 is 11.6 Å². The first-order valence-electron chi connectivity index (χ1n) is 8.97. The monoisotopic (exact) mass is 364 g/mol. The number of hydrogen-bond donors (Lipinski definition) is 2. The highest BCUT2D eigenvalue weighted by atomic mass is 16.3. The van der Waals surface area contributed by atoms with E-state index in [2.05, 4.69) is 22.6 Å². The molecule has 0 aliphatic heterocycles. The number of nitrogens with one attached hydrogen (secondary N) is 1. The highest BCUT2D eigenvalue weighted by Crippen LogP contribution is 2.17. The van der Waals surface area contributed by atoms with Crippen LogP contribution in [-0.4, -0.2) is 26.0 Å². The van der Waals surface area contributed by atoms with E-state index in [0.29, 0.717) is 17.8 Å². The van der Waals surface area contributed by atoms with Crippen LogP contribution in [0.25, 0.3) is 0 Å². The first-order chi connectivity index (χ1) is 12.8. The van der Waals surface area contributed by atoms with Crippen LogP contribution in [0.15, 0.2) is 54.7 Å². The van der Waals surface area contributed by atoms with Gasteiger partial charge in [-0.05, 0) is 55.7 Å². The second-order valence-electron chi connectivity index (χ2n) is 7.06. The molecule has 0 bridgehead atoms. The summed E-state index contributed by atoms with van der Waals surface area (Å²) in [5, 5.41) is 20.9. The summed E-state index contributed by atoms with van der Waals surface area (Å²) in [6.07, 6.45) is 2.69. The number of benzene rings is 2. The quantitative estimate of drug-likeness (QED) is 0.703. The molecule has 1 aromatic heterocycles. The molecular formula is C21H24N4O2. The lowest BCUT2D eigenvalue weighted by Gasteiger charge is -2.11. The first-order valence-corrected chi connectivity index (χ1v) is 8.97. The van der Waals surface area contributed by atoms with Gasteiger partial charge < -0.3 is 10.4 Å². The summed E-state index contributed by atoms with van der Waals surface area (Å²) in [6.45, 7) is 5.96. The average Bonchev–Trinajstić information content (AvgIpc) is 3.12. The second kappa shape index (κ2) is 7.72. The molecule has 27 heavy (non-hydrogen) atoms. The predicted octanol–water partition coefficient (Wildman–Crippen LogP) is 3.37. The first kappa shape index (κ1) is 18.8. The summed E-state index contributed by atoms with van der Waals surface area (Å²) in [5.41, 5.74) is 3.10. The van der Waals surface area contributed by atoms with E-state index >= 15 is 0 Å². The van der Waals surface area contributed by atoms with Crippen molar-refractivity contribution in [3.63, 3.8) is 0 Å². The van der Waals surface area contributed by atoms with E-state index in [1.54, 1.807) is 36.9 Å². The minimum atomic E-state index is -1.02. The molecule has 0 atom stereocenters. The van der Waals surface area contributed by atoms with Crippen LogP contribution in [0, 0.1) is 0 Å². The molecule has 0 aliphatic carbocycles. The molecule has 1 heterocycles. The van der Waals surface area contributed by atoms with E-state index in [0.717, 1.165) is 17.7 Å². The minimum absolute atomic E-state index is 0.143. The molecule has 0 unspecified atom stereocenters. The number of anilines is 1. The van der Waals surface area contributed by atoms with E-state index < -0.39 is 5.60 Å². The fourth-order valence-electron chi connectivity index (χ4n) is 2.63. The molecule has 0 spiro atoms. The Morgan fingerprint density at radius 3 is 2.26 bits per heavy atom. The topological polar surface area (TPSA) is 80.0 Å². The van der Waals surface area contributed by atoms with Crippen molar-refractivity contribution in [2.24, 2.45) is 0 Å². The lowest BCUT2D eigenvalue weighted by atomic mass is 10.1. The molecule has 6 heteroatoms. The number of rotatable bonds is 6. The molecule has 3 rings (SSSR count). The highest BCUT2D eigenvalue weighted by Gasteiger charge is 2.20. The van der Waals surface area contributed by atoms with Crippen LogP contribution in [0.2, 0.25) is 0 Å². The third-order valence-electron chi connectivity index (χ3n) is 4.35. The number of amides is 1. The Balaban J connectivity index is 1.63. The van der Waals surface area contributed by atoms with E-state index in [1.165, 1.54) is 5.56 Å². The van der Waals surface area contributed by atoms with Crippen molar-refractivity contribution in [2.75, 3.05) is 5.32 Å². The van der Waals surface area contributed by atoms with Gasteiger partial charge in [0.15, 0.2) is 0 Å². The van der Waals surface area contributed by atoms with Crippen LogP contribution in [0.4, 0.5) is 5.69 Å². The van der Waals surface area contributed by atoms with Crippen molar-refractivity contribution in [2.45, 2.75) is 39.3 Å². The van der Waals surface area contributed by atoms with Gasteiger partial charge in [-0.3, -0.25) is 4.79 Å². The maximum atomic E-state index is 12.4. The maximum Gasteiger partial charge on any atom is 0.255 e. The molecule has 0 radical (unpaired) electrons. The molecule has 140 valence electrons. The zero-order valence-corrected chi connectivity index (χ0v) is 15.8. The molecule has 0 fully saturated rings. The number of hydrogen-bond acceptors (Lipinski definition) is 4. The average molecular weight is 364 g/mol. The van der Waals surface area contributed by atoms with E-state index in [1.807, 2.05) is 36.4 Å². The fourth-order valence-corrected chi connectivity index (χ4v) is 2.63. The van der Waals surface area contributed by atoms with Gasteiger partial charge in [0.25, 0.3) is 5.91 Å². The zero-order valence-electron chi connectivity index (χ0n) is 15.8. The van der Waals surface area contributed by atoms with Crippen molar-refractivity contribution in [1.82, 2.24) is 15.0 Å². The molecule has 2 aromatic carbocycles. The number of carbonyl (C=O) groups is 1. The third-order valence-corrected chi connectivity index (χ3v) is 4.35. The molecular weight excluding hydrogens is 340 g/mol. The van der Waals surface area contributed by atoms with Crippen LogP contribution in [0.1, 0.15) is 48.0 Å². The largest absolute Gasteiger partial charge is 0.384 e. The van der Waals surface area contributed by atoms with Gasteiger partial charge >= 0.3 is 0 Å². The van der Waals surface area contributed by atoms with Gasteiger partial charge in [0.05, 0.1) is 12.7 Å². The van der Waals surface area contributed by atoms with E-state index in [4.69, 9.17) is 0 Å². The van der Waals surface area contributed by atoms with Crippen LogP contribution in [0.3, 0.4) is 0 Å². The SMILES string of the molecule is CCc1ccc(NC(=O)c2ccc(Cn3cc(C(C)(C)O)nn3)cc2)cc1. The van der Waals surface area contributed by atoms with Crippen molar-refractivity contribution < 1.29 is 9.90 Å². The normalized spacial score (nSPS) is 11.4. The lowest BCUT2D eigenvalue weighted by Crippen LogP contribution is -2.15. The Bertz CT molecular complexity index is 907. The summed E-state index contributed by atoms with van der Waals surface area (Å²) in [4.78, 5) is 12.4. The van der Waals surface area contributed by atoms with Gasteiger partial charge in [0, 0.05) is 11.3 Å². The Hall–Kier alpha value is -2.99. The molecule has 2 N–H and O–H groups in total. The van der Waals surface area contributed by atoms with Crippen molar-refractivity contribution in [3.8, 4) is 0 Å². The Labute approximate surface area is 158 Å². The standard InChI is InChI=1S/C21H24N4O2/c1-4-15-7-11-18(12-8-15)22-20(26)17-9-5-16(6-10-17)13-25-14-19(23-24-25)21(2,3)27/h5-12,14,27H,4,13H2,1-3H3,(H,22,26). The molecule has 6 nitrogen and oxygen atoms in total. The zero-order chi connectivity index (χ0) is 19.4. The summed E-state index contributed by atoms with van der Waals surface area (Å²) in [7, 11) is 0. The van der Waals surface area contributed by atoms with Gasteiger partial charge in [0.2, 0.25) is 0 Å². The van der Waals surface area contributed by atoms with Crippen LogP contribution >= 0.6 is 0 Å². The minimum Gasteiger partial charge on any atom is -0.384 e. The van der Waals surface area contributed by atoms with Gasteiger partial charge in [-0.15, -0.1) is 5.10 Å². The smallest absolute Gasteiger partial charge is 0.255 e. The maximum absolute atomic E-state index is 12.4. The van der Waals surface area contributed by atoms with Crippen LogP contribution in [-0.2, 0) is 18.6 Å². The lowest BCUT2D eigenvalue weighted by molar-refractivity contribution is 0.0737. The van der Waals surface area contributed by atoms with Gasteiger partial charge in [-0.2, -0.15) is 0 Å². The Kier molecular flexibility index (Phi) is 5.37. The molecule has 0 saturated heterocycles. The third kappa shape index (κ3) is 4.80. The molecule has 1 amide bonds. The molecule has 3 aromatic rings. The van der Waals surface area contributed by atoms with Crippen LogP contribution in [0.5, 0.6) is 0 Å². The molecule has 0 aliphatic rings. The number of aryl methyl sites for hydroxylation is 1. The van der Waals surface area contributed by atoms with E-state index in [-0.39, 0.29) is 5.91 Å². The summed E-state index contributed by atoms with van der Waals surface area (Å²) < 4.78 is 1.66. The van der Waals surface area contributed by atoms with E-state index in [9.17, 15) is 9.90 Å². The number of nitrogens with zero attached hydrogens (tertiary/aromatic N) is 3. The predicted molar refractivity (Wildman–Crippen MR) is 105 cm³/mol. The second-order valence-corrected chi connectivity index (χ2v) is 7.06. The van der Waals surface area contributed by atoms with Crippen LogP contribution < -0.4 is 5.32 Å². The van der Waals surface area contributed by atoms with Crippen molar-refractivity contribution in [3.05, 3.63) is 77.1 Å². The summed E-state index contributed by atoms with van der Waals surface area (Å²) in [6, 6.07) is 15.2. The Morgan fingerprint density at radius 2 is 1.70 bits per heavy atom. The van der Waals surface area contributed by atoms with Gasteiger partial charge in [0.1, 0.15) is 11.3 Å². The fraction of sp³-hybridized carbons (Fsp3) is 0.286. The van der Waals surface area contributed by atoms with Gasteiger partial charge in [-0.1, -0.05) is 36.4 Å². The van der Waals surface area contributed by atoms with Crippen molar-refractivity contribution in [1.29, 1.82) is 0 Å². The summed E-state index contributed by atoms with van der Waals surface area (Å²) >= 11 is 0. The number of aromatic nitrogens is 3. The molecule has 0 saturated carbocycles. The Morgan fingerprint density at radius 1 is 1.07 bits per heavy atom. The van der Waals surface area contributed by atoms with Gasteiger partial charge in [-0.25, -0.2) is 4.68 Å². The number of carbonyl (C=O) groups excluding carboxylic acids is 1. The summed E-state index contributed by atoms with van der Waals surface area (Å²) in [5.74, 6) is -0.143. The highest BCUT2D eigenvalue weighted by molar-refractivity contribution is 6.04.